The van der Waals surface area contributed by atoms with Crippen molar-refractivity contribution < 1.29 is 4.79 Å². The zero-order valence-electron chi connectivity index (χ0n) is 11.8. The summed E-state index contributed by atoms with van der Waals surface area (Å²) in [7, 11) is 1.73. The lowest BCUT2D eigenvalue weighted by atomic mass is 10.1. The molecule has 4 heteroatoms. The SMILES string of the molecule is Cc1cc(C)cc(N(C)C(=O)c2cc(Cl)ccc2N)c1. The van der Waals surface area contributed by atoms with Gasteiger partial charge in [-0.15, -0.1) is 0 Å². The average molecular weight is 289 g/mol. The third-order valence-electron chi connectivity index (χ3n) is 3.14. The zero-order chi connectivity index (χ0) is 14.9. The fourth-order valence-corrected chi connectivity index (χ4v) is 2.33. The largest absolute Gasteiger partial charge is 0.398 e. The lowest BCUT2D eigenvalue weighted by Crippen LogP contribution is -2.27. The Kier molecular flexibility index (Phi) is 4.00. The van der Waals surface area contributed by atoms with E-state index in [-0.39, 0.29) is 5.91 Å². The normalized spacial score (nSPS) is 10.4. The van der Waals surface area contributed by atoms with E-state index in [1.165, 1.54) is 0 Å². The average Bonchev–Trinajstić information content (AvgIpc) is 2.38. The maximum atomic E-state index is 12.5. The second-order valence-electron chi connectivity index (χ2n) is 4.94. The Morgan fingerprint density at radius 3 is 2.30 bits per heavy atom. The molecule has 20 heavy (non-hydrogen) atoms. The van der Waals surface area contributed by atoms with E-state index in [0.717, 1.165) is 16.8 Å². The van der Waals surface area contributed by atoms with Gasteiger partial charge in [-0.2, -0.15) is 0 Å². The van der Waals surface area contributed by atoms with Crippen molar-refractivity contribution in [2.24, 2.45) is 0 Å². The Morgan fingerprint density at radius 2 is 1.70 bits per heavy atom. The van der Waals surface area contributed by atoms with Crippen molar-refractivity contribution in [2.75, 3.05) is 17.7 Å². The summed E-state index contributed by atoms with van der Waals surface area (Å²) in [6.45, 7) is 4.01. The van der Waals surface area contributed by atoms with Crippen molar-refractivity contribution in [2.45, 2.75) is 13.8 Å². The zero-order valence-corrected chi connectivity index (χ0v) is 12.5. The highest BCUT2D eigenvalue weighted by Crippen LogP contribution is 2.23. The number of benzene rings is 2. The van der Waals surface area contributed by atoms with Gasteiger partial charge in [0.2, 0.25) is 0 Å². The highest BCUT2D eigenvalue weighted by Gasteiger charge is 2.17. The number of anilines is 2. The monoisotopic (exact) mass is 288 g/mol. The van der Waals surface area contributed by atoms with E-state index in [0.29, 0.717) is 16.3 Å². The Balaban J connectivity index is 2.39. The first-order valence-corrected chi connectivity index (χ1v) is 6.67. The number of hydrogen-bond donors (Lipinski definition) is 1. The molecule has 3 nitrogen and oxygen atoms in total. The number of amides is 1. The Bertz CT molecular complexity index is 647. The predicted octanol–water partition coefficient (Wildman–Crippen LogP) is 3.82. The minimum atomic E-state index is -0.171. The highest BCUT2D eigenvalue weighted by molar-refractivity contribution is 6.31. The van der Waals surface area contributed by atoms with Crippen molar-refractivity contribution in [1.82, 2.24) is 0 Å². The molecule has 0 saturated carbocycles. The molecule has 0 fully saturated rings. The summed E-state index contributed by atoms with van der Waals surface area (Å²) in [6, 6.07) is 10.9. The lowest BCUT2D eigenvalue weighted by Gasteiger charge is -2.19. The molecule has 1 amide bonds. The van der Waals surface area contributed by atoms with Gasteiger partial charge in [-0.1, -0.05) is 17.7 Å². The molecule has 0 saturated heterocycles. The van der Waals surface area contributed by atoms with Gasteiger partial charge in [-0.05, 0) is 55.3 Å². The van der Waals surface area contributed by atoms with Crippen LogP contribution in [-0.2, 0) is 0 Å². The smallest absolute Gasteiger partial charge is 0.260 e. The number of hydrogen-bond acceptors (Lipinski definition) is 2. The summed E-state index contributed by atoms with van der Waals surface area (Å²) >= 11 is 5.94. The Labute approximate surface area is 124 Å². The number of aryl methyl sites for hydroxylation is 2. The minimum absolute atomic E-state index is 0.171. The van der Waals surface area contributed by atoms with Crippen molar-refractivity contribution in [3.05, 3.63) is 58.1 Å². The van der Waals surface area contributed by atoms with Crippen molar-refractivity contribution in [3.63, 3.8) is 0 Å². The molecule has 104 valence electrons. The summed E-state index contributed by atoms with van der Waals surface area (Å²) in [5.74, 6) is -0.171. The third kappa shape index (κ3) is 2.94. The van der Waals surface area contributed by atoms with Gasteiger partial charge >= 0.3 is 0 Å². The van der Waals surface area contributed by atoms with Gasteiger partial charge in [0.25, 0.3) is 5.91 Å². The molecule has 0 aliphatic heterocycles. The first-order valence-electron chi connectivity index (χ1n) is 6.30. The molecular weight excluding hydrogens is 272 g/mol. The summed E-state index contributed by atoms with van der Waals surface area (Å²) in [4.78, 5) is 14.1. The third-order valence-corrected chi connectivity index (χ3v) is 3.38. The van der Waals surface area contributed by atoms with Crippen LogP contribution in [0.1, 0.15) is 21.5 Å². The maximum absolute atomic E-state index is 12.5. The summed E-state index contributed by atoms with van der Waals surface area (Å²) in [5.41, 5.74) is 9.76. The molecule has 0 unspecified atom stereocenters. The lowest BCUT2D eigenvalue weighted by molar-refractivity contribution is 0.0994. The Hall–Kier alpha value is -2.00. The molecule has 0 radical (unpaired) electrons. The second kappa shape index (κ2) is 5.55. The molecule has 0 bridgehead atoms. The van der Waals surface area contributed by atoms with Crippen LogP contribution in [0.5, 0.6) is 0 Å². The van der Waals surface area contributed by atoms with E-state index < -0.39 is 0 Å². The molecule has 2 aromatic rings. The summed E-state index contributed by atoms with van der Waals surface area (Å²) in [5, 5.41) is 0.497. The molecule has 2 N–H and O–H groups in total. The van der Waals surface area contributed by atoms with Gasteiger partial charge in [0.1, 0.15) is 0 Å². The quantitative estimate of drug-likeness (QED) is 0.854. The molecular formula is C16H17ClN2O. The number of carbonyl (C=O) groups is 1. The van der Waals surface area contributed by atoms with Gasteiger partial charge in [0.05, 0.1) is 5.56 Å². The summed E-state index contributed by atoms with van der Waals surface area (Å²) < 4.78 is 0. The van der Waals surface area contributed by atoms with Crippen LogP contribution in [0.4, 0.5) is 11.4 Å². The van der Waals surface area contributed by atoms with Gasteiger partial charge in [-0.3, -0.25) is 4.79 Å². The van der Waals surface area contributed by atoms with Crippen LogP contribution >= 0.6 is 11.6 Å². The minimum Gasteiger partial charge on any atom is -0.398 e. The van der Waals surface area contributed by atoms with E-state index in [9.17, 15) is 4.79 Å². The number of halogens is 1. The van der Waals surface area contributed by atoms with E-state index in [1.54, 1.807) is 30.1 Å². The molecule has 0 aliphatic carbocycles. The fraction of sp³-hybridized carbons (Fsp3) is 0.188. The van der Waals surface area contributed by atoms with Gasteiger partial charge in [-0.25, -0.2) is 0 Å². The molecule has 0 aromatic heterocycles. The topological polar surface area (TPSA) is 46.3 Å². The number of nitrogens with zero attached hydrogens (tertiary/aromatic N) is 1. The highest BCUT2D eigenvalue weighted by atomic mass is 35.5. The van der Waals surface area contributed by atoms with Crippen LogP contribution in [0.2, 0.25) is 5.02 Å². The molecule has 2 rings (SSSR count). The molecule has 2 aromatic carbocycles. The van der Waals surface area contributed by atoms with Crippen LogP contribution in [0.25, 0.3) is 0 Å². The fourth-order valence-electron chi connectivity index (χ4n) is 2.16. The van der Waals surface area contributed by atoms with E-state index in [1.807, 2.05) is 26.0 Å². The van der Waals surface area contributed by atoms with E-state index in [2.05, 4.69) is 6.07 Å². The van der Waals surface area contributed by atoms with Crippen LogP contribution in [0, 0.1) is 13.8 Å². The van der Waals surface area contributed by atoms with Gasteiger partial charge in [0, 0.05) is 23.4 Å². The van der Waals surface area contributed by atoms with Crippen LogP contribution in [0.15, 0.2) is 36.4 Å². The first kappa shape index (κ1) is 14.4. The number of carbonyl (C=O) groups excluding carboxylic acids is 1. The second-order valence-corrected chi connectivity index (χ2v) is 5.38. The number of rotatable bonds is 2. The number of nitrogen functional groups attached to an aromatic ring is 1. The predicted molar refractivity (Wildman–Crippen MR) is 84.5 cm³/mol. The molecule has 0 spiro atoms. The van der Waals surface area contributed by atoms with Crippen LogP contribution in [0.3, 0.4) is 0 Å². The van der Waals surface area contributed by atoms with Crippen LogP contribution < -0.4 is 10.6 Å². The van der Waals surface area contributed by atoms with Crippen LogP contribution in [-0.4, -0.2) is 13.0 Å². The first-order chi connectivity index (χ1) is 9.38. The van der Waals surface area contributed by atoms with Gasteiger partial charge in [0.15, 0.2) is 0 Å². The summed E-state index contributed by atoms with van der Waals surface area (Å²) in [6.07, 6.45) is 0. The maximum Gasteiger partial charge on any atom is 0.260 e. The van der Waals surface area contributed by atoms with Crippen molar-refractivity contribution >= 4 is 28.9 Å². The molecule has 0 atom stereocenters. The van der Waals surface area contributed by atoms with E-state index >= 15 is 0 Å². The molecule has 0 heterocycles. The van der Waals surface area contributed by atoms with Gasteiger partial charge < -0.3 is 10.6 Å². The molecule has 0 aliphatic rings. The van der Waals surface area contributed by atoms with Crippen molar-refractivity contribution in [3.8, 4) is 0 Å². The van der Waals surface area contributed by atoms with Crippen molar-refractivity contribution in [1.29, 1.82) is 0 Å². The number of nitrogens with two attached hydrogens (primary N) is 1. The standard InChI is InChI=1S/C16H17ClN2O/c1-10-6-11(2)8-13(7-10)19(3)16(20)14-9-12(17)4-5-15(14)18/h4-9H,18H2,1-3H3. The Morgan fingerprint density at radius 1 is 1.10 bits per heavy atom. The van der Waals surface area contributed by atoms with E-state index in [4.69, 9.17) is 17.3 Å².